The van der Waals surface area contributed by atoms with E-state index in [0.29, 0.717) is 18.7 Å². The lowest BCUT2D eigenvalue weighted by Gasteiger charge is -2.34. The molecule has 0 aliphatic carbocycles. The molecule has 2 aromatic carbocycles. The van der Waals surface area contributed by atoms with Crippen LogP contribution in [0.2, 0.25) is 0 Å². The minimum atomic E-state index is 0.0753. The zero-order valence-electron chi connectivity index (χ0n) is 17.6. The number of aryl methyl sites for hydroxylation is 2. The van der Waals surface area contributed by atoms with Crippen LogP contribution in [0.4, 0.5) is 0 Å². The van der Waals surface area contributed by atoms with Gasteiger partial charge in [0.1, 0.15) is 5.01 Å². The summed E-state index contributed by atoms with van der Waals surface area (Å²) in [6, 6.07) is 16.4. The van der Waals surface area contributed by atoms with Crippen molar-refractivity contribution in [1.82, 2.24) is 14.9 Å². The van der Waals surface area contributed by atoms with E-state index in [1.165, 1.54) is 10.3 Å². The molecule has 0 spiro atoms. The maximum absolute atomic E-state index is 13.1. The fraction of sp³-hybridized carbons (Fsp3) is 0.320. The standard InChI is InChI=1S/C25H25N3O2S/c1-17-9-11-18(12-10-17)21-16-26-23(30-21)13-14-24(29)28-15-5-4-7-20(28)25-27-19-6-2-3-8-22(19)31-25/h2-3,6,8-12,16,20H,4-5,7,13-15H2,1H3/t20-/m1/s1. The van der Waals surface area contributed by atoms with Crippen molar-refractivity contribution in [2.75, 3.05) is 6.54 Å². The first kappa shape index (κ1) is 19.9. The van der Waals surface area contributed by atoms with Crippen LogP contribution in [-0.2, 0) is 11.2 Å². The van der Waals surface area contributed by atoms with Crippen molar-refractivity contribution in [2.45, 2.75) is 45.1 Å². The van der Waals surface area contributed by atoms with Crippen molar-refractivity contribution < 1.29 is 9.21 Å². The molecule has 0 radical (unpaired) electrons. The summed E-state index contributed by atoms with van der Waals surface area (Å²) in [6.07, 6.45) is 5.80. The molecular weight excluding hydrogens is 406 g/mol. The second kappa shape index (κ2) is 8.63. The number of rotatable bonds is 5. The number of likely N-dealkylation sites (tertiary alicyclic amines) is 1. The molecule has 1 aliphatic heterocycles. The summed E-state index contributed by atoms with van der Waals surface area (Å²) in [4.78, 5) is 24.4. The van der Waals surface area contributed by atoms with E-state index in [4.69, 9.17) is 9.40 Å². The molecule has 0 bridgehead atoms. The second-order valence-corrected chi connectivity index (χ2v) is 9.17. The fourth-order valence-electron chi connectivity index (χ4n) is 4.15. The summed E-state index contributed by atoms with van der Waals surface area (Å²) in [5, 5.41) is 1.05. The largest absolute Gasteiger partial charge is 0.441 e. The van der Waals surface area contributed by atoms with Crippen LogP contribution in [0.3, 0.4) is 0 Å². The first-order valence-electron chi connectivity index (χ1n) is 10.8. The van der Waals surface area contributed by atoms with Gasteiger partial charge in [-0.05, 0) is 38.3 Å². The maximum Gasteiger partial charge on any atom is 0.223 e. The van der Waals surface area contributed by atoms with Gasteiger partial charge in [-0.25, -0.2) is 9.97 Å². The number of benzene rings is 2. The number of piperidine rings is 1. The summed E-state index contributed by atoms with van der Waals surface area (Å²) in [5.41, 5.74) is 3.23. The molecule has 5 nitrogen and oxygen atoms in total. The molecule has 4 aromatic rings. The van der Waals surface area contributed by atoms with Crippen molar-refractivity contribution in [3.05, 3.63) is 71.2 Å². The number of hydrogen-bond donors (Lipinski definition) is 0. The highest BCUT2D eigenvalue weighted by Crippen LogP contribution is 2.36. The molecule has 1 fully saturated rings. The third-order valence-electron chi connectivity index (χ3n) is 5.86. The van der Waals surface area contributed by atoms with E-state index < -0.39 is 0 Å². The molecule has 0 unspecified atom stereocenters. The Morgan fingerprint density at radius 1 is 1.16 bits per heavy atom. The van der Waals surface area contributed by atoms with Gasteiger partial charge in [0.2, 0.25) is 5.91 Å². The zero-order valence-corrected chi connectivity index (χ0v) is 18.4. The molecule has 3 heterocycles. The fourth-order valence-corrected chi connectivity index (χ4v) is 5.27. The summed E-state index contributed by atoms with van der Waals surface area (Å²) >= 11 is 1.71. The summed E-state index contributed by atoms with van der Waals surface area (Å²) in [6.45, 7) is 2.85. The number of thiazole rings is 1. The number of oxazole rings is 1. The quantitative estimate of drug-likeness (QED) is 0.392. The third-order valence-corrected chi connectivity index (χ3v) is 7.00. The molecule has 1 amide bonds. The van der Waals surface area contributed by atoms with Crippen LogP contribution in [0.15, 0.2) is 59.1 Å². The van der Waals surface area contributed by atoms with Crippen LogP contribution < -0.4 is 0 Å². The van der Waals surface area contributed by atoms with Gasteiger partial charge in [-0.2, -0.15) is 0 Å². The van der Waals surface area contributed by atoms with E-state index in [1.54, 1.807) is 17.5 Å². The van der Waals surface area contributed by atoms with Gasteiger partial charge >= 0.3 is 0 Å². The summed E-state index contributed by atoms with van der Waals surface area (Å²) < 4.78 is 7.09. The van der Waals surface area contributed by atoms with Gasteiger partial charge in [0, 0.05) is 24.9 Å². The Hall–Kier alpha value is -2.99. The average molecular weight is 432 g/mol. The lowest BCUT2D eigenvalue weighted by atomic mass is 10.0. The zero-order chi connectivity index (χ0) is 21.2. The van der Waals surface area contributed by atoms with Gasteiger partial charge in [0.25, 0.3) is 0 Å². The van der Waals surface area contributed by atoms with Gasteiger partial charge in [0.05, 0.1) is 22.5 Å². The van der Waals surface area contributed by atoms with Crippen LogP contribution in [-0.4, -0.2) is 27.3 Å². The molecular formula is C25H25N3O2S. The highest BCUT2D eigenvalue weighted by atomic mass is 32.1. The number of carbonyl (C=O) groups is 1. The van der Waals surface area contributed by atoms with Crippen LogP contribution in [0, 0.1) is 6.92 Å². The van der Waals surface area contributed by atoms with Crippen molar-refractivity contribution in [1.29, 1.82) is 0 Å². The minimum absolute atomic E-state index is 0.0753. The first-order valence-corrected chi connectivity index (χ1v) is 11.7. The number of hydrogen-bond acceptors (Lipinski definition) is 5. The molecule has 158 valence electrons. The van der Waals surface area contributed by atoms with E-state index in [1.807, 2.05) is 35.2 Å². The van der Waals surface area contributed by atoms with E-state index in [9.17, 15) is 4.79 Å². The Kier molecular flexibility index (Phi) is 5.55. The molecule has 1 atom stereocenters. The normalized spacial score (nSPS) is 16.7. The predicted octanol–water partition coefficient (Wildman–Crippen LogP) is 5.95. The first-order chi connectivity index (χ1) is 15.2. The van der Waals surface area contributed by atoms with E-state index in [0.717, 1.165) is 47.7 Å². The van der Waals surface area contributed by atoms with E-state index in [-0.39, 0.29) is 11.9 Å². The average Bonchev–Trinajstić information content (AvgIpc) is 3.45. The number of para-hydroxylation sites is 1. The maximum atomic E-state index is 13.1. The molecule has 0 saturated carbocycles. The lowest BCUT2D eigenvalue weighted by Crippen LogP contribution is -2.38. The van der Waals surface area contributed by atoms with Gasteiger partial charge in [-0.15, -0.1) is 11.3 Å². The van der Waals surface area contributed by atoms with Gasteiger partial charge in [0.15, 0.2) is 11.7 Å². The number of amides is 1. The Labute approximate surface area is 185 Å². The lowest BCUT2D eigenvalue weighted by molar-refractivity contribution is -0.135. The van der Waals surface area contributed by atoms with Crippen molar-refractivity contribution in [2.24, 2.45) is 0 Å². The topological polar surface area (TPSA) is 59.2 Å². The molecule has 2 aromatic heterocycles. The third kappa shape index (κ3) is 4.26. The van der Waals surface area contributed by atoms with E-state index >= 15 is 0 Å². The molecule has 6 heteroatoms. The highest BCUT2D eigenvalue weighted by Gasteiger charge is 2.30. The van der Waals surface area contributed by atoms with Crippen LogP contribution in [0.1, 0.15) is 48.2 Å². The summed E-state index contributed by atoms with van der Waals surface area (Å²) in [5.74, 6) is 1.50. The monoisotopic (exact) mass is 431 g/mol. The van der Waals surface area contributed by atoms with Crippen molar-refractivity contribution in [3.63, 3.8) is 0 Å². The van der Waals surface area contributed by atoms with Crippen LogP contribution >= 0.6 is 11.3 Å². The Balaban J connectivity index is 1.27. The van der Waals surface area contributed by atoms with E-state index in [2.05, 4.69) is 30.1 Å². The van der Waals surface area contributed by atoms with Gasteiger partial charge < -0.3 is 9.32 Å². The molecule has 0 N–H and O–H groups in total. The predicted molar refractivity (Wildman–Crippen MR) is 123 cm³/mol. The van der Waals surface area contributed by atoms with Crippen LogP contribution in [0.5, 0.6) is 0 Å². The highest BCUT2D eigenvalue weighted by molar-refractivity contribution is 7.18. The molecule has 31 heavy (non-hydrogen) atoms. The number of carbonyl (C=O) groups excluding carboxylic acids is 1. The van der Waals surface area contributed by atoms with Gasteiger partial charge in [-0.1, -0.05) is 42.0 Å². The minimum Gasteiger partial charge on any atom is -0.441 e. The number of nitrogens with zero attached hydrogens (tertiary/aromatic N) is 3. The molecule has 1 saturated heterocycles. The molecule has 5 rings (SSSR count). The van der Waals surface area contributed by atoms with Crippen molar-refractivity contribution in [3.8, 4) is 11.3 Å². The van der Waals surface area contributed by atoms with Crippen molar-refractivity contribution >= 4 is 27.5 Å². The van der Waals surface area contributed by atoms with Crippen LogP contribution in [0.25, 0.3) is 21.5 Å². The second-order valence-electron chi connectivity index (χ2n) is 8.10. The Bertz CT molecular complexity index is 1160. The number of fused-ring (bicyclic) bond motifs is 1. The Morgan fingerprint density at radius 3 is 2.84 bits per heavy atom. The smallest absolute Gasteiger partial charge is 0.223 e. The Morgan fingerprint density at radius 2 is 2.00 bits per heavy atom. The van der Waals surface area contributed by atoms with Gasteiger partial charge in [-0.3, -0.25) is 4.79 Å². The number of aromatic nitrogens is 2. The molecule has 1 aliphatic rings. The SMILES string of the molecule is Cc1ccc(-c2cnc(CCC(=O)N3CCCC[C@@H]3c3nc4ccccc4s3)o2)cc1. The summed E-state index contributed by atoms with van der Waals surface area (Å²) in [7, 11) is 0.